The molecule has 120 valence electrons. The molecule has 0 radical (unpaired) electrons. The smallest absolute Gasteiger partial charge is 0.257 e. The van der Waals surface area contributed by atoms with Crippen LogP contribution in [0.5, 0.6) is 11.5 Å². The molecule has 1 amide bonds. The molecule has 1 atom stereocenters. The van der Waals surface area contributed by atoms with Gasteiger partial charge in [0.15, 0.2) is 0 Å². The number of methoxy groups -OCH3 is 1. The molecule has 1 saturated heterocycles. The second-order valence-corrected chi connectivity index (χ2v) is 5.67. The predicted molar refractivity (Wildman–Crippen MR) is 84.3 cm³/mol. The topological polar surface area (TPSA) is 49.8 Å². The Morgan fingerprint density at radius 3 is 2.83 bits per heavy atom. The van der Waals surface area contributed by atoms with Gasteiger partial charge in [0.1, 0.15) is 17.3 Å². The highest BCUT2D eigenvalue weighted by atomic mass is 19.1. The Morgan fingerprint density at radius 1 is 1.30 bits per heavy atom. The number of carbonyl (C=O) groups is 1. The lowest BCUT2D eigenvalue weighted by molar-refractivity contribution is 0.0787. The molecule has 4 nitrogen and oxygen atoms in total. The Hall–Kier alpha value is -2.56. The number of phenols is 1. The Labute approximate surface area is 134 Å². The van der Waals surface area contributed by atoms with Crippen LogP contribution in [0, 0.1) is 5.82 Å². The Kier molecular flexibility index (Phi) is 4.19. The van der Waals surface area contributed by atoms with Crippen LogP contribution in [0.4, 0.5) is 4.39 Å². The summed E-state index contributed by atoms with van der Waals surface area (Å²) in [6.45, 7) is 1.11. The number of rotatable bonds is 3. The first-order valence-corrected chi connectivity index (χ1v) is 7.50. The summed E-state index contributed by atoms with van der Waals surface area (Å²) in [5.74, 6) is 0.0424. The average Bonchev–Trinajstić information content (AvgIpc) is 3.04. The van der Waals surface area contributed by atoms with Crippen molar-refractivity contribution in [3.63, 3.8) is 0 Å². The number of ether oxygens (including phenoxy) is 1. The van der Waals surface area contributed by atoms with Crippen molar-refractivity contribution in [2.24, 2.45) is 0 Å². The number of likely N-dealkylation sites (tertiary alicyclic amines) is 1. The van der Waals surface area contributed by atoms with Crippen LogP contribution in [-0.2, 0) is 0 Å². The van der Waals surface area contributed by atoms with Gasteiger partial charge < -0.3 is 14.7 Å². The van der Waals surface area contributed by atoms with E-state index < -0.39 is 0 Å². The fourth-order valence-electron chi connectivity index (χ4n) is 2.97. The largest absolute Gasteiger partial charge is 0.507 e. The first-order valence-electron chi connectivity index (χ1n) is 7.50. The Bertz CT molecular complexity index is 732. The molecular weight excluding hydrogens is 297 g/mol. The summed E-state index contributed by atoms with van der Waals surface area (Å²) in [4.78, 5) is 14.3. The van der Waals surface area contributed by atoms with Gasteiger partial charge in [0, 0.05) is 25.1 Å². The van der Waals surface area contributed by atoms with Crippen molar-refractivity contribution in [3.05, 3.63) is 59.4 Å². The molecule has 0 bridgehead atoms. The summed E-state index contributed by atoms with van der Waals surface area (Å²) in [5, 5.41) is 10.00. The number of aromatic hydroxyl groups is 1. The highest BCUT2D eigenvalue weighted by molar-refractivity contribution is 5.97. The summed E-state index contributed by atoms with van der Waals surface area (Å²) in [6, 6.07) is 11.1. The van der Waals surface area contributed by atoms with Crippen LogP contribution in [0.15, 0.2) is 42.5 Å². The summed E-state index contributed by atoms with van der Waals surface area (Å²) in [5.41, 5.74) is 1.16. The first-order chi connectivity index (χ1) is 11.1. The molecule has 23 heavy (non-hydrogen) atoms. The number of hydrogen-bond donors (Lipinski definition) is 1. The van der Waals surface area contributed by atoms with E-state index >= 15 is 0 Å². The molecule has 3 rings (SSSR count). The van der Waals surface area contributed by atoms with E-state index in [9.17, 15) is 14.3 Å². The molecule has 2 aromatic rings. The van der Waals surface area contributed by atoms with E-state index in [2.05, 4.69) is 0 Å². The normalized spacial score (nSPS) is 17.3. The molecule has 1 fully saturated rings. The van der Waals surface area contributed by atoms with E-state index in [0.717, 1.165) is 12.0 Å². The maximum Gasteiger partial charge on any atom is 0.257 e. The lowest BCUT2D eigenvalue weighted by Crippen LogP contribution is -2.28. The summed E-state index contributed by atoms with van der Waals surface area (Å²) in [7, 11) is 1.50. The minimum absolute atomic E-state index is 0.0939. The fourth-order valence-corrected chi connectivity index (χ4v) is 2.97. The van der Waals surface area contributed by atoms with E-state index in [-0.39, 0.29) is 29.0 Å². The number of nitrogens with zero attached hydrogens (tertiary/aromatic N) is 1. The molecule has 0 aliphatic carbocycles. The van der Waals surface area contributed by atoms with Gasteiger partial charge in [-0.1, -0.05) is 12.1 Å². The van der Waals surface area contributed by atoms with Gasteiger partial charge in [-0.25, -0.2) is 4.39 Å². The molecule has 0 saturated carbocycles. The number of benzene rings is 2. The zero-order valence-corrected chi connectivity index (χ0v) is 12.8. The van der Waals surface area contributed by atoms with Gasteiger partial charge >= 0.3 is 0 Å². The van der Waals surface area contributed by atoms with Crippen molar-refractivity contribution >= 4 is 5.91 Å². The standard InChI is InChI=1S/C18H18FNO3/c1-23-15-5-6-16(17(21)10-15)18(22)20-8-7-13(11-20)12-3-2-4-14(19)9-12/h2-6,9-10,13,21H,7-8,11H2,1H3/t13-/m0/s1. The maximum absolute atomic E-state index is 13.3. The van der Waals surface area contributed by atoms with Crippen LogP contribution in [0.25, 0.3) is 0 Å². The van der Waals surface area contributed by atoms with Crippen molar-refractivity contribution in [2.45, 2.75) is 12.3 Å². The third kappa shape index (κ3) is 3.13. The van der Waals surface area contributed by atoms with E-state index in [1.807, 2.05) is 6.07 Å². The van der Waals surface area contributed by atoms with Crippen molar-refractivity contribution in [1.82, 2.24) is 4.90 Å². The molecule has 1 N–H and O–H groups in total. The number of phenolic OH excluding ortho intramolecular Hbond substituents is 1. The van der Waals surface area contributed by atoms with Gasteiger partial charge in [0.25, 0.3) is 5.91 Å². The van der Waals surface area contributed by atoms with Gasteiger partial charge in [-0.2, -0.15) is 0 Å². The van der Waals surface area contributed by atoms with Gasteiger partial charge in [0.05, 0.1) is 12.7 Å². The van der Waals surface area contributed by atoms with E-state index in [0.29, 0.717) is 18.8 Å². The molecular formula is C18H18FNO3. The number of carbonyl (C=O) groups excluding carboxylic acids is 1. The molecule has 0 unspecified atom stereocenters. The highest BCUT2D eigenvalue weighted by Crippen LogP contribution is 2.31. The van der Waals surface area contributed by atoms with Crippen LogP contribution in [0.2, 0.25) is 0 Å². The van der Waals surface area contributed by atoms with Crippen LogP contribution in [0.1, 0.15) is 28.3 Å². The van der Waals surface area contributed by atoms with Crippen LogP contribution in [0.3, 0.4) is 0 Å². The van der Waals surface area contributed by atoms with Crippen LogP contribution >= 0.6 is 0 Å². The molecule has 0 aromatic heterocycles. The SMILES string of the molecule is COc1ccc(C(=O)N2CC[C@H](c3cccc(F)c3)C2)c(O)c1. The van der Waals surface area contributed by atoms with Gasteiger partial charge in [0.2, 0.25) is 0 Å². The molecule has 1 heterocycles. The van der Waals surface area contributed by atoms with E-state index in [1.54, 1.807) is 23.1 Å². The first kappa shape index (κ1) is 15.3. The van der Waals surface area contributed by atoms with Crippen molar-refractivity contribution in [1.29, 1.82) is 0 Å². The van der Waals surface area contributed by atoms with Gasteiger partial charge in [-0.3, -0.25) is 4.79 Å². The molecule has 5 heteroatoms. The van der Waals surface area contributed by atoms with Gasteiger partial charge in [-0.15, -0.1) is 0 Å². The van der Waals surface area contributed by atoms with E-state index in [1.165, 1.54) is 25.3 Å². The van der Waals surface area contributed by atoms with E-state index in [4.69, 9.17) is 4.74 Å². The van der Waals surface area contributed by atoms with Crippen molar-refractivity contribution in [3.8, 4) is 11.5 Å². The minimum atomic E-state index is -0.264. The zero-order valence-electron chi connectivity index (χ0n) is 12.8. The molecule has 0 spiro atoms. The van der Waals surface area contributed by atoms with Crippen molar-refractivity contribution < 1.29 is 19.0 Å². The quantitative estimate of drug-likeness (QED) is 0.946. The Balaban J connectivity index is 1.75. The number of halogens is 1. The fraction of sp³-hybridized carbons (Fsp3) is 0.278. The lowest BCUT2D eigenvalue weighted by atomic mass is 9.98. The number of hydrogen-bond acceptors (Lipinski definition) is 3. The van der Waals surface area contributed by atoms with Crippen LogP contribution < -0.4 is 4.74 Å². The monoisotopic (exact) mass is 315 g/mol. The third-order valence-corrected chi connectivity index (χ3v) is 4.23. The second-order valence-electron chi connectivity index (χ2n) is 5.67. The summed E-state index contributed by atoms with van der Waals surface area (Å²) in [6.07, 6.45) is 0.784. The Morgan fingerprint density at radius 2 is 2.13 bits per heavy atom. The highest BCUT2D eigenvalue weighted by Gasteiger charge is 2.29. The predicted octanol–water partition coefficient (Wildman–Crippen LogP) is 3.17. The second kappa shape index (κ2) is 6.28. The molecule has 2 aromatic carbocycles. The summed E-state index contributed by atoms with van der Waals surface area (Å²) >= 11 is 0. The third-order valence-electron chi connectivity index (χ3n) is 4.23. The van der Waals surface area contributed by atoms with Gasteiger partial charge in [-0.05, 0) is 36.2 Å². The number of amides is 1. The van der Waals surface area contributed by atoms with Crippen molar-refractivity contribution in [2.75, 3.05) is 20.2 Å². The molecule has 1 aliphatic rings. The van der Waals surface area contributed by atoms with Crippen LogP contribution in [-0.4, -0.2) is 36.1 Å². The zero-order chi connectivity index (χ0) is 16.4. The molecule has 1 aliphatic heterocycles. The average molecular weight is 315 g/mol. The lowest BCUT2D eigenvalue weighted by Gasteiger charge is -2.18. The maximum atomic E-state index is 13.3. The summed E-state index contributed by atoms with van der Waals surface area (Å²) < 4.78 is 18.4. The minimum Gasteiger partial charge on any atom is -0.507 e.